The summed E-state index contributed by atoms with van der Waals surface area (Å²) in [6.07, 6.45) is 5.79. The molecule has 16 heavy (non-hydrogen) atoms. The predicted molar refractivity (Wildman–Crippen MR) is 65.1 cm³/mol. The molecule has 2 rings (SSSR count). The van der Waals surface area contributed by atoms with Crippen LogP contribution < -0.4 is 5.73 Å². The van der Waals surface area contributed by atoms with Crippen LogP contribution in [0.2, 0.25) is 0 Å². The summed E-state index contributed by atoms with van der Waals surface area (Å²) in [6, 6.07) is 0. The van der Waals surface area contributed by atoms with Crippen molar-refractivity contribution in [3.8, 4) is 0 Å². The second-order valence-electron chi connectivity index (χ2n) is 4.71. The van der Waals surface area contributed by atoms with E-state index in [1.165, 1.54) is 19.3 Å². The smallest absolute Gasteiger partial charge is 0.0891 e. The second-order valence-corrected chi connectivity index (χ2v) is 4.71. The summed E-state index contributed by atoms with van der Waals surface area (Å²) in [5.74, 6) is 0.928. The molecule has 0 aliphatic heterocycles. The van der Waals surface area contributed by atoms with Gasteiger partial charge in [-0.15, -0.1) is 0 Å². The van der Waals surface area contributed by atoms with Gasteiger partial charge < -0.3 is 10.5 Å². The van der Waals surface area contributed by atoms with E-state index in [-0.39, 0.29) is 0 Å². The molecule has 1 aliphatic carbocycles. The molecule has 1 aromatic rings. The molecule has 1 saturated carbocycles. The summed E-state index contributed by atoms with van der Waals surface area (Å²) < 4.78 is 5.63. The van der Waals surface area contributed by atoms with Crippen LogP contribution in [0.4, 0.5) is 5.69 Å². The summed E-state index contributed by atoms with van der Waals surface area (Å²) in [5, 5.41) is 0. The van der Waals surface area contributed by atoms with Gasteiger partial charge in [0.1, 0.15) is 0 Å². The molecule has 3 nitrogen and oxygen atoms in total. The summed E-state index contributed by atoms with van der Waals surface area (Å²) in [5.41, 5.74) is 9.87. The topological polar surface area (TPSA) is 48.1 Å². The normalized spacial score (nSPS) is 15.4. The number of aromatic nitrogens is 1. The molecule has 0 unspecified atom stereocenters. The van der Waals surface area contributed by atoms with Crippen molar-refractivity contribution in [2.75, 3.05) is 12.3 Å². The molecule has 3 heteroatoms. The number of pyridine rings is 1. The number of nitrogens with two attached hydrogens (primary N) is 1. The lowest BCUT2D eigenvalue weighted by atomic mass is 10.1. The summed E-state index contributed by atoms with van der Waals surface area (Å²) in [7, 11) is 0. The first-order chi connectivity index (χ1) is 7.68. The maximum atomic E-state index is 5.95. The van der Waals surface area contributed by atoms with E-state index in [0.29, 0.717) is 6.61 Å². The molecule has 88 valence electrons. The quantitative estimate of drug-likeness (QED) is 0.776. The van der Waals surface area contributed by atoms with Gasteiger partial charge in [-0.05, 0) is 37.3 Å². The van der Waals surface area contributed by atoms with Gasteiger partial charge in [-0.25, -0.2) is 0 Å². The van der Waals surface area contributed by atoms with E-state index >= 15 is 0 Å². The Morgan fingerprint density at radius 1 is 1.44 bits per heavy atom. The van der Waals surface area contributed by atoms with Gasteiger partial charge in [0, 0.05) is 18.5 Å². The van der Waals surface area contributed by atoms with E-state index in [4.69, 9.17) is 10.5 Å². The van der Waals surface area contributed by atoms with Crippen LogP contribution in [0.1, 0.15) is 36.1 Å². The monoisotopic (exact) mass is 220 g/mol. The lowest BCUT2D eigenvalue weighted by Gasteiger charge is -2.10. The Morgan fingerprint density at radius 2 is 2.19 bits per heavy atom. The minimum Gasteiger partial charge on any atom is -0.398 e. The Hall–Kier alpha value is -1.09. The summed E-state index contributed by atoms with van der Waals surface area (Å²) >= 11 is 0. The molecule has 1 fully saturated rings. The zero-order chi connectivity index (χ0) is 11.5. The predicted octanol–water partition coefficient (Wildman–Crippen LogP) is 2.60. The highest BCUT2D eigenvalue weighted by Gasteiger charge is 2.20. The summed E-state index contributed by atoms with van der Waals surface area (Å²) in [6.45, 7) is 5.42. The summed E-state index contributed by atoms with van der Waals surface area (Å²) in [4.78, 5) is 4.37. The number of rotatable bonds is 5. The van der Waals surface area contributed by atoms with Crippen molar-refractivity contribution in [1.82, 2.24) is 4.98 Å². The Bertz CT molecular complexity index is 372. The van der Waals surface area contributed by atoms with Crippen molar-refractivity contribution in [2.24, 2.45) is 5.92 Å². The van der Waals surface area contributed by atoms with E-state index in [1.807, 2.05) is 20.0 Å². The number of hydrogen-bond acceptors (Lipinski definition) is 3. The van der Waals surface area contributed by atoms with Crippen molar-refractivity contribution in [3.05, 3.63) is 23.0 Å². The molecule has 1 aliphatic rings. The van der Waals surface area contributed by atoms with Crippen LogP contribution >= 0.6 is 0 Å². The third kappa shape index (κ3) is 2.73. The number of aryl methyl sites for hydroxylation is 1. The highest BCUT2D eigenvalue weighted by molar-refractivity contribution is 5.53. The molecule has 1 aromatic heterocycles. The van der Waals surface area contributed by atoms with E-state index in [0.717, 1.165) is 35.0 Å². The molecular formula is C13H20N2O. The fraction of sp³-hybridized carbons (Fsp3) is 0.615. The van der Waals surface area contributed by atoms with Crippen LogP contribution in [0.25, 0.3) is 0 Å². The standard InChI is InChI=1S/C13H20N2O/c1-9-7-15-12(10(2)13(9)14)8-16-6-5-11-3-4-11/h7,11H,3-6,8H2,1-2H3,(H2,14,15). The Morgan fingerprint density at radius 3 is 2.88 bits per heavy atom. The first-order valence-corrected chi connectivity index (χ1v) is 5.96. The van der Waals surface area contributed by atoms with Crippen LogP contribution in [0, 0.1) is 19.8 Å². The lowest BCUT2D eigenvalue weighted by Crippen LogP contribution is -2.04. The number of ether oxygens (including phenoxy) is 1. The van der Waals surface area contributed by atoms with Gasteiger partial charge in [0.25, 0.3) is 0 Å². The molecule has 0 atom stereocenters. The van der Waals surface area contributed by atoms with Crippen molar-refractivity contribution >= 4 is 5.69 Å². The van der Waals surface area contributed by atoms with Gasteiger partial charge in [-0.2, -0.15) is 0 Å². The van der Waals surface area contributed by atoms with Crippen LogP contribution in [-0.2, 0) is 11.3 Å². The molecule has 0 radical (unpaired) electrons. The SMILES string of the molecule is Cc1cnc(COCCC2CC2)c(C)c1N. The van der Waals surface area contributed by atoms with Crippen LogP contribution in [0.15, 0.2) is 6.20 Å². The molecule has 0 spiro atoms. The Labute approximate surface area is 97.0 Å². The van der Waals surface area contributed by atoms with Gasteiger partial charge in [0.2, 0.25) is 0 Å². The highest BCUT2D eigenvalue weighted by Crippen LogP contribution is 2.32. The molecular weight excluding hydrogens is 200 g/mol. The van der Waals surface area contributed by atoms with Gasteiger partial charge in [0.15, 0.2) is 0 Å². The Kier molecular flexibility index (Phi) is 3.44. The zero-order valence-electron chi connectivity index (χ0n) is 10.1. The largest absolute Gasteiger partial charge is 0.398 e. The second kappa shape index (κ2) is 4.83. The average Bonchev–Trinajstić information content (AvgIpc) is 3.08. The van der Waals surface area contributed by atoms with Crippen LogP contribution in [0.5, 0.6) is 0 Å². The van der Waals surface area contributed by atoms with E-state index in [1.54, 1.807) is 0 Å². The molecule has 0 amide bonds. The molecule has 0 bridgehead atoms. The molecule has 0 aromatic carbocycles. The zero-order valence-corrected chi connectivity index (χ0v) is 10.1. The van der Waals surface area contributed by atoms with E-state index < -0.39 is 0 Å². The van der Waals surface area contributed by atoms with Crippen molar-refractivity contribution in [3.63, 3.8) is 0 Å². The van der Waals surface area contributed by atoms with Crippen molar-refractivity contribution in [2.45, 2.75) is 39.7 Å². The maximum absolute atomic E-state index is 5.95. The minimum atomic E-state index is 0.586. The van der Waals surface area contributed by atoms with Crippen molar-refractivity contribution < 1.29 is 4.74 Å². The van der Waals surface area contributed by atoms with Gasteiger partial charge in [-0.3, -0.25) is 4.98 Å². The highest BCUT2D eigenvalue weighted by atomic mass is 16.5. The van der Waals surface area contributed by atoms with Crippen molar-refractivity contribution in [1.29, 1.82) is 0 Å². The number of nitrogen functional groups attached to an aromatic ring is 1. The van der Waals surface area contributed by atoms with Crippen LogP contribution in [-0.4, -0.2) is 11.6 Å². The van der Waals surface area contributed by atoms with Crippen LogP contribution in [0.3, 0.4) is 0 Å². The van der Waals surface area contributed by atoms with Gasteiger partial charge in [-0.1, -0.05) is 12.8 Å². The van der Waals surface area contributed by atoms with E-state index in [2.05, 4.69) is 4.98 Å². The number of hydrogen-bond donors (Lipinski definition) is 1. The average molecular weight is 220 g/mol. The fourth-order valence-corrected chi connectivity index (χ4v) is 1.76. The fourth-order valence-electron chi connectivity index (χ4n) is 1.76. The molecule has 1 heterocycles. The Balaban J connectivity index is 1.85. The minimum absolute atomic E-state index is 0.586. The third-order valence-corrected chi connectivity index (χ3v) is 3.28. The van der Waals surface area contributed by atoms with Gasteiger partial charge in [0.05, 0.1) is 12.3 Å². The lowest BCUT2D eigenvalue weighted by molar-refractivity contribution is 0.112. The maximum Gasteiger partial charge on any atom is 0.0891 e. The number of anilines is 1. The third-order valence-electron chi connectivity index (χ3n) is 3.28. The van der Waals surface area contributed by atoms with E-state index in [9.17, 15) is 0 Å². The molecule has 0 saturated heterocycles. The number of nitrogens with zero attached hydrogens (tertiary/aromatic N) is 1. The first kappa shape index (κ1) is 11.4. The van der Waals surface area contributed by atoms with Gasteiger partial charge >= 0.3 is 0 Å². The first-order valence-electron chi connectivity index (χ1n) is 5.96. The molecule has 2 N–H and O–H groups in total.